The largest absolute Gasteiger partial charge is 0.478 e. The quantitative estimate of drug-likeness (QED) is 0.765. The first-order chi connectivity index (χ1) is 13.1. The van der Waals surface area contributed by atoms with E-state index in [0.29, 0.717) is 11.1 Å². The highest BCUT2D eigenvalue weighted by Crippen LogP contribution is 2.16. The van der Waals surface area contributed by atoms with E-state index in [4.69, 9.17) is 10.2 Å². The van der Waals surface area contributed by atoms with Crippen LogP contribution in [0.25, 0.3) is 0 Å². The highest BCUT2D eigenvalue weighted by Gasteiger charge is 2.17. The number of esters is 2. The molecule has 0 bridgehead atoms. The first-order valence-electron chi connectivity index (χ1n) is 7.97. The molecule has 0 amide bonds. The van der Waals surface area contributed by atoms with Gasteiger partial charge in [0.2, 0.25) is 0 Å². The van der Waals surface area contributed by atoms with Crippen molar-refractivity contribution >= 4 is 23.9 Å². The summed E-state index contributed by atoms with van der Waals surface area (Å²) in [5.41, 5.74) is 1.63. The van der Waals surface area contributed by atoms with Gasteiger partial charge < -0.3 is 19.7 Å². The van der Waals surface area contributed by atoms with Gasteiger partial charge in [-0.05, 0) is 43.2 Å². The number of carbonyl (C=O) groups excluding carboxylic acids is 2. The summed E-state index contributed by atoms with van der Waals surface area (Å²) in [5.74, 6) is -3.31. The second-order valence-electron chi connectivity index (χ2n) is 5.62. The Bertz CT molecular complexity index is 844. The summed E-state index contributed by atoms with van der Waals surface area (Å²) in [6.45, 7) is 3.28. The van der Waals surface area contributed by atoms with Crippen molar-refractivity contribution in [3.05, 3.63) is 69.8 Å². The van der Waals surface area contributed by atoms with Gasteiger partial charge in [0, 0.05) is 0 Å². The number of methoxy groups -OCH3 is 2. The number of carbonyl (C=O) groups is 4. The number of carboxylic acid groups (broad SMARTS) is 2. The number of carboxylic acids is 2. The topological polar surface area (TPSA) is 127 Å². The maximum absolute atomic E-state index is 11.2. The molecule has 0 radical (unpaired) electrons. The van der Waals surface area contributed by atoms with Crippen LogP contribution in [0.1, 0.15) is 52.6 Å². The van der Waals surface area contributed by atoms with Crippen LogP contribution < -0.4 is 0 Å². The highest BCUT2D eigenvalue weighted by molar-refractivity contribution is 6.03. The number of benzene rings is 2. The summed E-state index contributed by atoms with van der Waals surface area (Å²) in [7, 11) is 2.52. The van der Waals surface area contributed by atoms with Crippen LogP contribution in [0.5, 0.6) is 0 Å². The highest BCUT2D eigenvalue weighted by atomic mass is 16.5. The van der Waals surface area contributed by atoms with E-state index >= 15 is 0 Å². The van der Waals surface area contributed by atoms with E-state index in [0.717, 1.165) is 0 Å². The second-order valence-corrected chi connectivity index (χ2v) is 5.62. The van der Waals surface area contributed by atoms with Gasteiger partial charge in [-0.15, -0.1) is 0 Å². The van der Waals surface area contributed by atoms with Gasteiger partial charge in [-0.3, -0.25) is 0 Å². The summed E-state index contributed by atoms with van der Waals surface area (Å²) in [6.07, 6.45) is 0. The zero-order chi connectivity index (χ0) is 21.4. The minimum Gasteiger partial charge on any atom is -0.478 e. The van der Waals surface area contributed by atoms with Gasteiger partial charge >= 0.3 is 23.9 Å². The molecule has 0 saturated carbocycles. The molecule has 0 atom stereocenters. The Kier molecular flexibility index (Phi) is 7.88. The number of hydrogen-bond donors (Lipinski definition) is 2. The maximum atomic E-state index is 11.2. The van der Waals surface area contributed by atoms with Crippen molar-refractivity contribution in [3.8, 4) is 0 Å². The van der Waals surface area contributed by atoms with E-state index in [1.54, 1.807) is 32.0 Å². The molecular weight excluding hydrogens is 368 g/mol. The van der Waals surface area contributed by atoms with Gasteiger partial charge in [-0.2, -0.15) is 0 Å². The lowest BCUT2D eigenvalue weighted by Gasteiger charge is -2.05. The Morgan fingerprint density at radius 2 is 1.04 bits per heavy atom. The van der Waals surface area contributed by atoms with E-state index in [9.17, 15) is 19.2 Å². The lowest BCUT2D eigenvalue weighted by Crippen LogP contribution is -2.11. The third kappa shape index (κ3) is 5.41. The van der Waals surface area contributed by atoms with Crippen LogP contribution >= 0.6 is 0 Å². The van der Waals surface area contributed by atoms with Crippen LogP contribution in [0.4, 0.5) is 0 Å². The fourth-order valence-corrected chi connectivity index (χ4v) is 2.37. The molecule has 0 unspecified atom stereocenters. The molecule has 0 aliphatic carbocycles. The molecule has 2 N–H and O–H groups in total. The standard InChI is InChI=1S/2C10H10O4/c1-5-3-6(2)8(10(13)14)4-7(5)9(11)12;1-13-9(11)7-5-3-4-6-8(7)10(12)14-2/h3-4H,1-2H3,(H,11,12)(H,13,14);3-6H,1-2H3. The molecule has 0 saturated heterocycles. The number of aryl methyl sites for hydroxylation is 2. The monoisotopic (exact) mass is 388 g/mol. The first kappa shape index (κ1) is 22.4. The average Bonchev–Trinajstić information content (AvgIpc) is 2.66. The van der Waals surface area contributed by atoms with Crippen LogP contribution in [-0.2, 0) is 9.47 Å². The van der Waals surface area contributed by atoms with Crippen molar-refractivity contribution in [2.45, 2.75) is 13.8 Å². The normalized spacial score (nSPS) is 9.57. The Labute approximate surface area is 161 Å². The lowest BCUT2D eigenvalue weighted by atomic mass is 10.0. The van der Waals surface area contributed by atoms with Gasteiger partial charge in [-0.25, -0.2) is 19.2 Å². The SMILES string of the molecule is COC(=O)c1ccccc1C(=O)OC.Cc1cc(C)c(C(=O)O)cc1C(=O)O. The zero-order valence-corrected chi connectivity index (χ0v) is 15.8. The van der Waals surface area contributed by atoms with E-state index in [-0.39, 0.29) is 22.3 Å². The molecule has 0 spiro atoms. The van der Waals surface area contributed by atoms with Crippen molar-refractivity contribution in [1.29, 1.82) is 0 Å². The van der Waals surface area contributed by atoms with Crippen LogP contribution in [-0.4, -0.2) is 48.3 Å². The van der Waals surface area contributed by atoms with E-state index in [2.05, 4.69) is 9.47 Å². The molecule has 2 rings (SSSR count). The minimum atomic E-state index is -1.11. The second kappa shape index (κ2) is 9.86. The molecule has 2 aromatic carbocycles. The van der Waals surface area contributed by atoms with Gasteiger partial charge in [0.15, 0.2) is 0 Å². The summed E-state index contributed by atoms with van der Waals surface area (Å²) >= 11 is 0. The number of aromatic carboxylic acids is 2. The molecule has 0 aromatic heterocycles. The number of hydrogen-bond acceptors (Lipinski definition) is 6. The molecule has 28 heavy (non-hydrogen) atoms. The van der Waals surface area contributed by atoms with Crippen LogP contribution in [0, 0.1) is 13.8 Å². The average molecular weight is 388 g/mol. The van der Waals surface area contributed by atoms with Crippen LogP contribution in [0.15, 0.2) is 36.4 Å². The molecule has 0 aliphatic rings. The van der Waals surface area contributed by atoms with E-state index in [1.807, 2.05) is 0 Å². The Morgan fingerprint density at radius 3 is 1.32 bits per heavy atom. The van der Waals surface area contributed by atoms with Crippen LogP contribution in [0.2, 0.25) is 0 Å². The Hall–Kier alpha value is -3.68. The minimum absolute atomic E-state index is 0.0352. The first-order valence-corrected chi connectivity index (χ1v) is 7.97. The summed E-state index contributed by atoms with van der Waals surface area (Å²) < 4.78 is 9.05. The number of rotatable bonds is 4. The van der Waals surface area contributed by atoms with E-state index < -0.39 is 23.9 Å². The van der Waals surface area contributed by atoms with Gasteiger partial charge in [0.25, 0.3) is 0 Å². The third-order valence-corrected chi connectivity index (χ3v) is 3.77. The summed E-state index contributed by atoms with van der Waals surface area (Å²) in [6, 6.07) is 9.08. The fourth-order valence-electron chi connectivity index (χ4n) is 2.37. The van der Waals surface area contributed by atoms with Crippen molar-refractivity contribution in [2.24, 2.45) is 0 Å². The molecular formula is C20H20O8. The predicted molar refractivity (Wildman–Crippen MR) is 99.0 cm³/mol. The maximum Gasteiger partial charge on any atom is 0.338 e. The van der Waals surface area contributed by atoms with Crippen molar-refractivity contribution < 1.29 is 38.9 Å². The molecule has 148 valence electrons. The van der Waals surface area contributed by atoms with Gasteiger partial charge in [-0.1, -0.05) is 18.2 Å². The van der Waals surface area contributed by atoms with Crippen molar-refractivity contribution in [3.63, 3.8) is 0 Å². The summed E-state index contributed by atoms with van der Waals surface area (Å²) in [5, 5.41) is 17.5. The molecule has 0 heterocycles. The predicted octanol–water partition coefficient (Wildman–Crippen LogP) is 2.96. The van der Waals surface area contributed by atoms with Gasteiger partial charge in [0.05, 0.1) is 36.5 Å². The molecule has 0 aliphatic heterocycles. The smallest absolute Gasteiger partial charge is 0.338 e. The van der Waals surface area contributed by atoms with Crippen LogP contribution in [0.3, 0.4) is 0 Å². The van der Waals surface area contributed by atoms with Crippen molar-refractivity contribution in [1.82, 2.24) is 0 Å². The van der Waals surface area contributed by atoms with E-state index in [1.165, 1.54) is 32.4 Å². The van der Waals surface area contributed by atoms with Crippen molar-refractivity contribution in [2.75, 3.05) is 14.2 Å². The summed E-state index contributed by atoms with van der Waals surface area (Å²) in [4.78, 5) is 43.9. The fraction of sp³-hybridized carbons (Fsp3) is 0.200. The Morgan fingerprint density at radius 1 is 0.679 bits per heavy atom. The van der Waals surface area contributed by atoms with Gasteiger partial charge in [0.1, 0.15) is 0 Å². The molecule has 2 aromatic rings. The molecule has 8 heteroatoms. The molecule has 8 nitrogen and oxygen atoms in total. The zero-order valence-electron chi connectivity index (χ0n) is 15.8. The third-order valence-electron chi connectivity index (χ3n) is 3.77. The number of ether oxygens (including phenoxy) is 2. The lowest BCUT2D eigenvalue weighted by molar-refractivity contribution is 0.0555. The Balaban J connectivity index is 0.000000280. The molecule has 0 fully saturated rings.